The van der Waals surface area contributed by atoms with Crippen LogP contribution >= 0.6 is 24.8 Å². The highest BCUT2D eigenvalue weighted by atomic mass is 35.5. The summed E-state index contributed by atoms with van der Waals surface area (Å²) < 4.78 is 0. The maximum Gasteiger partial charge on any atom is 0.253 e. The number of benzene rings is 1. The van der Waals surface area contributed by atoms with Gasteiger partial charge in [0.25, 0.3) is 5.91 Å². The third kappa shape index (κ3) is 4.15. The average Bonchev–Trinajstić information content (AvgIpc) is 2.05. The smallest absolute Gasteiger partial charge is 0.253 e. The van der Waals surface area contributed by atoms with Crippen LogP contribution < -0.4 is 0 Å². The van der Waals surface area contributed by atoms with Gasteiger partial charge in [-0.05, 0) is 12.1 Å². The Hall–Kier alpha value is -0.730. The molecule has 0 aliphatic rings. The zero-order valence-electron chi connectivity index (χ0n) is 7.56. The first-order chi connectivity index (χ1) is 5.22. The van der Waals surface area contributed by atoms with Crippen molar-refractivity contribution in [2.24, 2.45) is 0 Å². The lowest BCUT2D eigenvalue weighted by Gasteiger charge is -2.08. The van der Waals surface area contributed by atoms with Crippen LogP contribution in [0.15, 0.2) is 30.3 Å². The van der Waals surface area contributed by atoms with Crippen molar-refractivity contribution in [2.75, 3.05) is 14.1 Å². The largest absolute Gasteiger partial charge is 0.345 e. The number of nitrogens with zero attached hydrogens (tertiary/aromatic N) is 1. The Morgan fingerprint density at radius 3 is 1.92 bits per heavy atom. The van der Waals surface area contributed by atoms with Gasteiger partial charge in [-0.1, -0.05) is 18.2 Å². The van der Waals surface area contributed by atoms with E-state index in [0.717, 1.165) is 5.56 Å². The fraction of sp³-hybridized carbons (Fsp3) is 0.222. The minimum absolute atomic E-state index is 0. The predicted octanol–water partition coefficient (Wildman–Crippen LogP) is 2.23. The van der Waals surface area contributed by atoms with Gasteiger partial charge in [-0.15, -0.1) is 24.8 Å². The zero-order chi connectivity index (χ0) is 8.27. The summed E-state index contributed by atoms with van der Waals surface area (Å²) in [5.74, 6) is 0.0469. The fourth-order valence-corrected chi connectivity index (χ4v) is 0.839. The van der Waals surface area contributed by atoms with E-state index in [2.05, 4.69) is 0 Å². The van der Waals surface area contributed by atoms with Gasteiger partial charge in [0.15, 0.2) is 0 Å². The summed E-state index contributed by atoms with van der Waals surface area (Å²) in [4.78, 5) is 12.8. The molecule has 0 atom stereocenters. The molecule has 1 amide bonds. The zero-order valence-corrected chi connectivity index (χ0v) is 9.19. The Labute approximate surface area is 90.8 Å². The summed E-state index contributed by atoms with van der Waals surface area (Å²) in [5, 5.41) is 0. The van der Waals surface area contributed by atoms with Crippen LogP contribution in [0.3, 0.4) is 0 Å². The molecule has 0 heterocycles. The molecule has 0 N–H and O–H groups in total. The van der Waals surface area contributed by atoms with Crippen molar-refractivity contribution in [3.05, 3.63) is 35.9 Å². The van der Waals surface area contributed by atoms with E-state index in [4.69, 9.17) is 0 Å². The molecule has 0 bridgehead atoms. The molecular weight excluding hydrogens is 209 g/mol. The standard InChI is InChI=1S/C9H11NO.2ClH/c1-10(2)9(11)8-6-4-3-5-7-8;;/h3-7H,1-2H3;2*1H. The highest BCUT2D eigenvalue weighted by Gasteiger charge is 2.04. The molecule has 13 heavy (non-hydrogen) atoms. The molecular formula is C9H13Cl2NO. The molecule has 0 fully saturated rings. The van der Waals surface area contributed by atoms with Crippen molar-refractivity contribution < 1.29 is 4.79 Å². The molecule has 0 aliphatic heterocycles. The Kier molecular flexibility index (Phi) is 7.67. The summed E-state index contributed by atoms with van der Waals surface area (Å²) >= 11 is 0. The summed E-state index contributed by atoms with van der Waals surface area (Å²) in [6.45, 7) is 0. The lowest BCUT2D eigenvalue weighted by Crippen LogP contribution is -2.21. The van der Waals surface area contributed by atoms with E-state index in [9.17, 15) is 4.79 Å². The first kappa shape index (κ1) is 14.8. The van der Waals surface area contributed by atoms with Crippen molar-refractivity contribution in [2.45, 2.75) is 0 Å². The topological polar surface area (TPSA) is 20.3 Å². The van der Waals surface area contributed by atoms with Crippen molar-refractivity contribution in [3.8, 4) is 0 Å². The van der Waals surface area contributed by atoms with E-state index in [1.807, 2.05) is 30.3 Å². The van der Waals surface area contributed by atoms with E-state index in [0.29, 0.717) is 0 Å². The molecule has 0 aromatic heterocycles. The van der Waals surface area contributed by atoms with Crippen molar-refractivity contribution >= 4 is 30.7 Å². The number of carbonyl (C=O) groups excluding carboxylic acids is 1. The van der Waals surface area contributed by atoms with Crippen molar-refractivity contribution in [3.63, 3.8) is 0 Å². The third-order valence-corrected chi connectivity index (χ3v) is 1.43. The number of amides is 1. The van der Waals surface area contributed by atoms with Crippen LogP contribution in [-0.2, 0) is 0 Å². The fourth-order valence-electron chi connectivity index (χ4n) is 0.839. The lowest BCUT2D eigenvalue weighted by molar-refractivity contribution is 0.0827. The second-order valence-electron chi connectivity index (χ2n) is 2.57. The van der Waals surface area contributed by atoms with Crippen molar-refractivity contribution in [1.29, 1.82) is 0 Å². The summed E-state index contributed by atoms with van der Waals surface area (Å²) in [7, 11) is 3.49. The Balaban J connectivity index is 0. The Morgan fingerprint density at radius 1 is 1.08 bits per heavy atom. The molecule has 1 rings (SSSR count). The van der Waals surface area contributed by atoms with Gasteiger partial charge < -0.3 is 4.90 Å². The third-order valence-electron chi connectivity index (χ3n) is 1.43. The van der Waals surface area contributed by atoms with Crippen molar-refractivity contribution in [1.82, 2.24) is 4.90 Å². The molecule has 0 saturated heterocycles. The number of rotatable bonds is 1. The highest BCUT2D eigenvalue weighted by molar-refractivity contribution is 5.93. The number of hydrogen-bond donors (Lipinski definition) is 0. The normalized spacial score (nSPS) is 7.85. The van der Waals surface area contributed by atoms with Gasteiger partial charge in [0.1, 0.15) is 0 Å². The molecule has 0 spiro atoms. The molecule has 0 aliphatic carbocycles. The quantitative estimate of drug-likeness (QED) is 0.713. The first-order valence-electron chi connectivity index (χ1n) is 3.48. The van der Waals surface area contributed by atoms with Crippen LogP contribution in [-0.4, -0.2) is 24.9 Å². The van der Waals surface area contributed by atoms with Crippen LogP contribution in [0.2, 0.25) is 0 Å². The van der Waals surface area contributed by atoms with E-state index in [1.165, 1.54) is 0 Å². The van der Waals surface area contributed by atoms with Crippen LogP contribution in [0.5, 0.6) is 0 Å². The van der Waals surface area contributed by atoms with Gasteiger partial charge >= 0.3 is 0 Å². The molecule has 4 heteroatoms. The number of halogens is 2. The molecule has 74 valence electrons. The monoisotopic (exact) mass is 221 g/mol. The summed E-state index contributed by atoms with van der Waals surface area (Å²) in [6.07, 6.45) is 0. The summed E-state index contributed by atoms with van der Waals surface area (Å²) in [5.41, 5.74) is 0.734. The minimum Gasteiger partial charge on any atom is -0.345 e. The summed E-state index contributed by atoms with van der Waals surface area (Å²) in [6, 6.07) is 9.23. The maximum absolute atomic E-state index is 11.3. The van der Waals surface area contributed by atoms with Crippen LogP contribution in [0.4, 0.5) is 0 Å². The first-order valence-corrected chi connectivity index (χ1v) is 3.48. The van der Waals surface area contributed by atoms with Gasteiger partial charge in [0.2, 0.25) is 0 Å². The molecule has 0 saturated carbocycles. The second kappa shape index (κ2) is 6.75. The van der Waals surface area contributed by atoms with Gasteiger partial charge in [-0.25, -0.2) is 0 Å². The molecule has 1 aromatic carbocycles. The molecule has 0 radical (unpaired) electrons. The van der Waals surface area contributed by atoms with Crippen LogP contribution in [0.1, 0.15) is 10.4 Å². The average molecular weight is 222 g/mol. The maximum atomic E-state index is 11.3. The van der Waals surface area contributed by atoms with Crippen LogP contribution in [0, 0.1) is 0 Å². The van der Waals surface area contributed by atoms with E-state index < -0.39 is 0 Å². The van der Waals surface area contributed by atoms with E-state index in [-0.39, 0.29) is 30.7 Å². The van der Waals surface area contributed by atoms with E-state index >= 15 is 0 Å². The van der Waals surface area contributed by atoms with Gasteiger partial charge in [0.05, 0.1) is 0 Å². The SMILES string of the molecule is CN(C)C(=O)c1ccccc1.Cl.Cl. The van der Waals surface area contributed by atoms with Crippen LogP contribution in [0.25, 0.3) is 0 Å². The highest BCUT2D eigenvalue weighted by Crippen LogP contribution is 2.00. The van der Waals surface area contributed by atoms with Gasteiger partial charge in [-0.3, -0.25) is 4.79 Å². The lowest BCUT2D eigenvalue weighted by atomic mass is 10.2. The minimum atomic E-state index is 0. The van der Waals surface area contributed by atoms with Gasteiger partial charge in [0, 0.05) is 19.7 Å². The number of hydrogen-bond acceptors (Lipinski definition) is 1. The Bertz CT molecular complexity index is 249. The van der Waals surface area contributed by atoms with E-state index in [1.54, 1.807) is 19.0 Å². The molecule has 0 unspecified atom stereocenters. The molecule has 1 aromatic rings. The molecule has 2 nitrogen and oxygen atoms in total. The second-order valence-corrected chi connectivity index (χ2v) is 2.57. The van der Waals surface area contributed by atoms with Gasteiger partial charge in [-0.2, -0.15) is 0 Å². The predicted molar refractivity (Wildman–Crippen MR) is 59.0 cm³/mol. The number of carbonyl (C=O) groups is 1. The Morgan fingerprint density at radius 2 is 1.54 bits per heavy atom.